The van der Waals surface area contributed by atoms with Gasteiger partial charge in [0.2, 0.25) is 5.91 Å². The van der Waals surface area contributed by atoms with E-state index in [1.165, 1.54) is 0 Å². The van der Waals surface area contributed by atoms with Crippen LogP contribution < -0.4 is 5.32 Å². The largest absolute Gasteiger partial charge is 0.480 e. The van der Waals surface area contributed by atoms with Crippen LogP contribution in [0.3, 0.4) is 0 Å². The second-order valence-electron chi connectivity index (χ2n) is 6.90. The van der Waals surface area contributed by atoms with Crippen LogP contribution in [0.4, 0.5) is 0 Å². The molecule has 5 heteroatoms. The highest BCUT2D eigenvalue weighted by Crippen LogP contribution is 2.20. The fourth-order valence-electron chi connectivity index (χ4n) is 3.26. The molecule has 0 saturated heterocycles. The van der Waals surface area contributed by atoms with Gasteiger partial charge in [-0.15, -0.1) is 0 Å². The summed E-state index contributed by atoms with van der Waals surface area (Å²) in [6.07, 6.45) is 6.24. The number of fused-ring (bicyclic) bond motifs is 1. The molecule has 1 amide bonds. The second-order valence-corrected chi connectivity index (χ2v) is 6.90. The van der Waals surface area contributed by atoms with Crippen LogP contribution in [0.15, 0.2) is 42.5 Å². The van der Waals surface area contributed by atoms with E-state index in [0.29, 0.717) is 6.42 Å². The number of benzene rings is 2. The summed E-state index contributed by atoms with van der Waals surface area (Å²) in [5.74, 6) is -1.22. The SMILES string of the molecule is O=C(CCCCCCCCO)N[C@@H](Cc1cccc2ccccc12)C(=O)O. The summed E-state index contributed by atoms with van der Waals surface area (Å²) in [5, 5.41) is 23.0. The van der Waals surface area contributed by atoms with Crippen LogP contribution in [0.5, 0.6) is 0 Å². The molecule has 146 valence electrons. The van der Waals surface area contributed by atoms with E-state index < -0.39 is 12.0 Å². The van der Waals surface area contributed by atoms with Gasteiger partial charge < -0.3 is 15.5 Å². The fraction of sp³-hybridized carbons (Fsp3) is 0.455. The molecule has 2 aromatic carbocycles. The third kappa shape index (κ3) is 7.02. The quantitative estimate of drug-likeness (QED) is 0.497. The molecular formula is C22H29NO4. The number of hydrogen-bond donors (Lipinski definition) is 3. The molecule has 0 saturated carbocycles. The number of carboxylic acid groups (broad SMARTS) is 1. The molecule has 0 aromatic heterocycles. The van der Waals surface area contributed by atoms with Gasteiger partial charge in [0, 0.05) is 19.4 Å². The zero-order valence-electron chi connectivity index (χ0n) is 15.7. The summed E-state index contributed by atoms with van der Waals surface area (Å²) in [6, 6.07) is 12.7. The van der Waals surface area contributed by atoms with Crippen LogP contribution in [-0.4, -0.2) is 34.7 Å². The van der Waals surface area contributed by atoms with Gasteiger partial charge in [-0.2, -0.15) is 0 Å². The lowest BCUT2D eigenvalue weighted by Gasteiger charge is -2.16. The highest BCUT2D eigenvalue weighted by molar-refractivity contribution is 5.88. The Balaban J connectivity index is 1.84. The van der Waals surface area contributed by atoms with Crippen molar-refractivity contribution in [3.63, 3.8) is 0 Å². The maximum absolute atomic E-state index is 12.1. The van der Waals surface area contributed by atoms with E-state index in [-0.39, 0.29) is 18.9 Å². The van der Waals surface area contributed by atoms with Crippen LogP contribution in [0.25, 0.3) is 10.8 Å². The smallest absolute Gasteiger partial charge is 0.326 e. The number of hydrogen-bond acceptors (Lipinski definition) is 3. The molecule has 0 bridgehead atoms. The molecule has 0 fully saturated rings. The van der Waals surface area contributed by atoms with E-state index >= 15 is 0 Å². The van der Waals surface area contributed by atoms with Crippen molar-refractivity contribution in [2.75, 3.05) is 6.61 Å². The van der Waals surface area contributed by atoms with Crippen LogP contribution >= 0.6 is 0 Å². The molecule has 5 nitrogen and oxygen atoms in total. The molecule has 27 heavy (non-hydrogen) atoms. The average molecular weight is 371 g/mol. The summed E-state index contributed by atoms with van der Waals surface area (Å²) < 4.78 is 0. The predicted molar refractivity (Wildman–Crippen MR) is 107 cm³/mol. The van der Waals surface area contributed by atoms with Crippen molar-refractivity contribution in [2.45, 2.75) is 57.4 Å². The van der Waals surface area contributed by atoms with Gasteiger partial charge in [-0.05, 0) is 29.2 Å². The first kappa shape index (κ1) is 20.9. The second kappa shape index (κ2) is 11.3. The van der Waals surface area contributed by atoms with E-state index in [0.717, 1.165) is 54.9 Å². The van der Waals surface area contributed by atoms with Crippen LogP contribution in [0.1, 0.15) is 50.5 Å². The highest BCUT2D eigenvalue weighted by atomic mass is 16.4. The maximum Gasteiger partial charge on any atom is 0.326 e. The third-order valence-electron chi connectivity index (χ3n) is 4.75. The Morgan fingerprint density at radius 1 is 0.889 bits per heavy atom. The molecular weight excluding hydrogens is 342 g/mol. The fourth-order valence-corrected chi connectivity index (χ4v) is 3.26. The lowest BCUT2D eigenvalue weighted by Crippen LogP contribution is -2.42. The summed E-state index contributed by atoms with van der Waals surface area (Å²) >= 11 is 0. The Morgan fingerprint density at radius 2 is 1.56 bits per heavy atom. The van der Waals surface area contributed by atoms with Gasteiger partial charge in [0.05, 0.1) is 0 Å². The summed E-state index contributed by atoms with van der Waals surface area (Å²) in [5.41, 5.74) is 0.921. The summed E-state index contributed by atoms with van der Waals surface area (Å²) in [7, 11) is 0. The van der Waals surface area contributed by atoms with Crippen molar-refractivity contribution in [2.24, 2.45) is 0 Å². The molecule has 0 radical (unpaired) electrons. The number of unbranched alkanes of at least 4 members (excludes halogenated alkanes) is 5. The lowest BCUT2D eigenvalue weighted by atomic mass is 9.98. The number of carbonyl (C=O) groups is 2. The third-order valence-corrected chi connectivity index (χ3v) is 4.75. The van der Waals surface area contributed by atoms with Crippen molar-refractivity contribution in [3.8, 4) is 0 Å². The Bertz CT molecular complexity index is 739. The number of aliphatic hydroxyl groups is 1. The number of carbonyl (C=O) groups excluding carboxylic acids is 1. The van der Waals surface area contributed by atoms with Crippen molar-refractivity contribution in [3.05, 3.63) is 48.0 Å². The average Bonchev–Trinajstić information content (AvgIpc) is 2.67. The zero-order chi connectivity index (χ0) is 19.5. The van der Waals surface area contributed by atoms with Crippen LogP contribution in [0, 0.1) is 0 Å². The van der Waals surface area contributed by atoms with Gasteiger partial charge >= 0.3 is 5.97 Å². The Hall–Kier alpha value is -2.40. The Morgan fingerprint density at radius 3 is 2.30 bits per heavy atom. The number of nitrogens with one attached hydrogen (secondary N) is 1. The predicted octanol–water partition coefficient (Wildman–Crippen LogP) is 3.67. The molecule has 0 spiro atoms. The summed E-state index contributed by atoms with van der Waals surface area (Å²) in [6.45, 7) is 0.232. The zero-order valence-corrected chi connectivity index (χ0v) is 15.7. The molecule has 2 aromatic rings. The number of aliphatic carboxylic acids is 1. The minimum absolute atomic E-state index is 0.210. The van der Waals surface area contributed by atoms with Crippen molar-refractivity contribution in [1.82, 2.24) is 5.32 Å². The molecule has 1 atom stereocenters. The lowest BCUT2D eigenvalue weighted by molar-refractivity contribution is -0.141. The van der Waals surface area contributed by atoms with Crippen LogP contribution in [-0.2, 0) is 16.0 Å². The number of amides is 1. The van der Waals surface area contributed by atoms with Gasteiger partial charge in [0.1, 0.15) is 6.04 Å². The molecule has 0 aliphatic rings. The normalized spacial score (nSPS) is 12.0. The van der Waals surface area contributed by atoms with Gasteiger partial charge in [-0.3, -0.25) is 4.79 Å². The number of carboxylic acids is 1. The van der Waals surface area contributed by atoms with Crippen molar-refractivity contribution < 1.29 is 19.8 Å². The highest BCUT2D eigenvalue weighted by Gasteiger charge is 2.21. The van der Waals surface area contributed by atoms with E-state index in [1.807, 2.05) is 42.5 Å². The van der Waals surface area contributed by atoms with Gasteiger partial charge in [-0.25, -0.2) is 4.79 Å². The van der Waals surface area contributed by atoms with Crippen molar-refractivity contribution >= 4 is 22.6 Å². The molecule has 0 aliphatic heterocycles. The van der Waals surface area contributed by atoms with E-state index in [4.69, 9.17) is 5.11 Å². The molecule has 0 unspecified atom stereocenters. The first-order valence-corrected chi connectivity index (χ1v) is 9.71. The van der Waals surface area contributed by atoms with E-state index in [9.17, 15) is 14.7 Å². The number of aliphatic hydroxyl groups excluding tert-OH is 1. The topological polar surface area (TPSA) is 86.6 Å². The van der Waals surface area contributed by atoms with Crippen LogP contribution in [0.2, 0.25) is 0 Å². The van der Waals surface area contributed by atoms with Gasteiger partial charge in [-0.1, -0.05) is 68.1 Å². The standard InChI is InChI=1S/C22H29NO4/c24-15-8-4-2-1-3-5-14-21(25)23-20(22(26)27)16-18-12-9-11-17-10-6-7-13-19(17)18/h6-7,9-13,20,24H,1-5,8,14-16H2,(H,23,25)(H,26,27)/t20-/m0/s1. The van der Waals surface area contributed by atoms with Gasteiger partial charge in [0.15, 0.2) is 0 Å². The summed E-state index contributed by atoms with van der Waals surface area (Å²) in [4.78, 5) is 23.8. The minimum atomic E-state index is -1.01. The minimum Gasteiger partial charge on any atom is -0.480 e. The van der Waals surface area contributed by atoms with Gasteiger partial charge in [0.25, 0.3) is 0 Å². The van der Waals surface area contributed by atoms with E-state index in [2.05, 4.69) is 5.32 Å². The van der Waals surface area contributed by atoms with Crippen molar-refractivity contribution in [1.29, 1.82) is 0 Å². The molecule has 3 N–H and O–H groups in total. The molecule has 0 heterocycles. The Labute approximate surface area is 160 Å². The Kier molecular flexibility index (Phi) is 8.78. The molecule has 0 aliphatic carbocycles. The van der Waals surface area contributed by atoms with E-state index in [1.54, 1.807) is 0 Å². The number of rotatable bonds is 12. The monoisotopic (exact) mass is 371 g/mol. The molecule has 2 rings (SSSR count). The maximum atomic E-state index is 12.1. The first-order valence-electron chi connectivity index (χ1n) is 9.71. The first-order chi connectivity index (χ1) is 13.1.